The van der Waals surface area contributed by atoms with Gasteiger partial charge in [0.2, 0.25) is 10.0 Å². The van der Waals surface area contributed by atoms with Crippen molar-refractivity contribution < 1.29 is 22.3 Å². The fourth-order valence-electron chi connectivity index (χ4n) is 4.05. The maximum Gasteiger partial charge on any atom is 0.253 e. The molecule has 2 aromatic carbocycles. The summed E-state index contributed by atoms with van der Waals surface area (Å²) in [5, 5.41) is 0. The highest BCUT2D eigenvalue weighted by Crippen LogP contribution is 2.38. The van der Waals surface area contributed by atoms with E-state index in [1.165, 1.54) is 29.4 Å². The highest BCUT2D eigenvalue weighted by atomic mass is 32.2. The van der Waals surface area contributed by atoms with Crippen molar-refractivity contribution in [3.8, 4) is 0 Å². The molecule has 0 bridgehead atoms. The van der Waals surface area contributed by atoms with Crippen molar-refractivity contribution in [2.24, 2.45) is 0 Å². The lowest BCUT2D eigenvalue weighted by molar-refractivity contribution is -0.0857. The zero-order valence-electron chi connectivity index (χ0n) is 16.2. The minimum absolute atomic E-state index is 0.0593. The van der Waals surface area contributed by atoms with Gasteiger partial charge in [0.05, 0.1) is 11.5 Å². The Bertz CT molecular complexity index is 1020. The van der Waals surface area contributed by atoms with Gasteiger partial charge in [-0.2, -0.15) is 4.31 Å². The fraction of sp³-hybridized carbons (Fsp3) is 0.381. The molecule has 1 amide bonds. The van der Waals surface area contributed by atoms with Gasteiger partial charge in [0.15, 0.2) is 0 Å². The highest BCUT2D eigenvalue weighted by molar-refractivity contribution is 7.89. The molecule has 0 unspecified atom stereocenters. The van der Waals surface area contributed by atoms with Crippen LogP contribution in [0, 0.1) is 12.7 Å². The van der Waals surface area contributed by atoms with Crippen molar-refractivity contribution in [2.75, 3.05) is 26.2 Å². The third-order valence-corrected chi connectivity index (χ3v) is 7.63. The average molecular weight is 418 g/mol. The van der Waals surface area contributed by atoms with E-state index in [4.69, 9.17) is 4.74 Å². The molecule has 2 aliphatic rings. The monoisotopic (exact) mass is 418 g/mol. The van der Waals surface area contributed by atoms with Crippen molar-refractivity contribution in [3.05, 3.63) is 65.5 Å². The minimum Gasteiger partial charge on any atom is -0.358 e. The standard InChI is InChI=1S/C21H23FN2O4S/c1-16-15-18(7-8-19(16)22)29(26,27)24-13-14-28-21(24)9-11-23(12-10-21)20(25)17-5-3-2-4-6-17/h2-8,15H,9-14H2,1H3. The summed E-state index contributed by atoms with van der Waals surface area (Å²) in [5.41, 5.74) is -0.0696. The molecule has 2 saturated heterocycles. The first-order valence-electron chi connectivity index (χ1n) is 9.61. The normalized spacial score (nSPS) is 19.6. The summed E-state index contributed by atoms with van der Waals surface area (Å²) in [7, 11) is -3.84. The summed E-state index contributed by atoms with van der Waals surface area (Å²) in [5.74, 6) is -0.508. The van der Waals surface area contributed by atoms with Gasteiger partial charge in [0, 0.05) is 38.0 Å². The van der Waals surface area contributed by atoms with Gasteiger partial charge < -0.3 is 9.64 Å². The highest BCUT2D eigenvalue weighted by Gasteiger charge is 2.51. The molecule has 1 spiro atoms. The number of aryl methyl sites for hydroxylation is 1. The lowest BCUT2D eigenvalue weighted by Gasteiger charge is -2.42. The number of benzene rings is 2. The lowest BCUT2D eigenvalue weighted by atomic mass is 10.00. The van der Waals surface area contributed by atoms with Gasteiger partial charge in [-0.1, -0.05) is 18.2 Å². The number of piperidine rings is 1. The smallest absolute Gasteiger partial charge is 0.253 e. The Balaban J connectivity index is 1.54. The molecule has 6 nitrogen and oxygen atoms in total. The minimum atomic E-state index is -3.84. The predicted octanol–water partition coefficient (Wildman–Crippen LogP) is 2.79. The van der Waals surface area contributed by atoms with Crippen LogP contribution < -0.4 is 0 Å². The maximum atomic E-state index is 13.6. The number of rotatable bonds is 3. The SMILES string of the molecule is Cc1cc(S(=O)(=O)N2CCOC23CCN(C(=O)c2ccccc2)CC3)ccc1F. The molecule has 0 aliphatic carbocycles. The van der Waals surface area contributed by atoms with Crippen LogP contribution in [0.15, 0.2) is 53.4 Å². The van der Waals surface area contributed by atoms with Crippen LogP contribution in [0.3, 0.4) is 0 Å². The van der Waals surface area contributed by atoms with Crippen LogP contribution in [-0.4, -0.2) is 55.5 Å². The Labute approximate surface area is 169 Å². The molecule has 2 heterocycles. The Hall–Kier alpha value is -2.29. The van der Waals surface area contributed by atoms with Gasteiger partial charge in [-0.15, -0.1) is 0 Å². The molecule has 29 heavy (non-hydrogen) atoms. The number of halogens is 1. The second-order valence-electron chi connectivity index (χ2n) is 7.44. The number of hydrogen-bond donors (Lipinski definition) is 0. The summed E-state index contributed by atoms with van der Waals surface area (Å²) in [6.07, 6.45) is 0.788. The van der Waals surface area contributed by atoms with E-state index in [2.05, 4.69) is 0 Å². The third kappa shape index (κ3) is 3.56. The van der Waals surface area contributed by atoms with E-state index in [-0.39, 0.29) is 22.9 Å². The maximum absolute atomic E-state index is 13.6. The van der Waals surface area contributed by atoms with E-state index >= 15 is 0 Å². The Kier molecular flexibility index (Phi) is 5.18. The molecule has 0 radical (unpaired) electrons. The number of sulfonamides is 1. The van der Waals surface area contributed by atoms with Crippen LogP contribution in [-0.2, 0) is 14.8 Å². The van der Waals surface area contributed by atoms with Crippen LogP contribution >= 0.6 is 0 Å². The van der Waals surface area contributed by atoms with E-state index in [0.717, 1.165) is 0 Å². The molecule has 4 rings (SSSR count). The molecule has 2 fully saturated rings. The molecule has 0 aromatic heterocycles. The molecular weight excluding hydrogens is 395 g/mol. The molecule has 2 aromatic rings. The lowest BCUT2D eigenvalue weighted by Crippen LogP contribution is -2.55. The van der Waals surface area contributed by atoms with Crippen molar-refractivity contribution in [1.29, 1.82) is 0 Å². The van der Waals surface area contributed by atoms with Gasteiger partial charge in [0.1, 0.15) is 11.5 Å². The van der Waals surface area contributed by atoms with Gasteiger partial charge >= 0.3 is 0 Å². The summed E-state index contributed by atoms with van der Waals surface area (Å²) in [6, 6.07) is 12.8. The number of likely N-dealkylation sites (tertiary alicyclic amines) is 1. The van der Waals surface area contributed by atoms with Crippen molar-refractivity contribution in [2.45, 2.75) is 30.4 Å². The first-order chi connectivity index (χ1) is 13.8. The van der Waals surface area contributed by atoms with Crippen LogP contribution in [0.2, 0.25) is 0 Å². The molecule has 0 N–H and O–H groups in total. The van der Waals surface area contributed by atoms with E-state index in [0.29, 0.717) is 38.1 Å². The van der Waals surface area contributed by atoms with Gasteiger partial charge in [0.25, 0.3) is 5.91 Å². The average Bonchev–Trinajstić information content (AvgIpc) is 3.14. The number of amides is 1. The summed E-state index contributed by atoms with van der Waals surface area (Å²) in [6.45, 7) is 2.89. The van der Waals surface area contributed by atoms with E-state index in [9.17, 15) is 17.6 Å². The van der Waals surface area contributed by atoms with E-state index < -0.39 is 21.6 Å². The first-order valence-corrected chi connectivity index (χ1v) is 11.0. The van der Waals surface area contributed by atoms with Crippen LogP contribution in [0.4, 0.5) is 4.39 Å². The van der Waals surface area contributed by atoms with Crippen molar-refractivity contribution in [1.82, 2.24) is 9.21 Å². The second kappa shape index (κ2) is 7.51. The molecular formula is C21H23FN2O4S. The molecule has 154 valence electrons. The Morgan fingerprint density at radius 3 is 2.41 bits per heavy atom. The van der Waals surface area contributed by atoms with Crippen molar-refractivity contribution >= 4 is 15.9 Å². The number of carbonyl (C=O) groups is 1. The molecule has 2 aliphatic heterocycles. The zero-order chi connectivity index (χ0) is 20.6. The predicted molar refractivity (Wildman–Crippen MR) is 105 cm³/mol. The topological polar surface area (TPSA) is 66.9 Å². The summed E-state index contributed by atoms with van der Waals surface area (Å²) < 4.78 is 47.4. The number of hydrogen-bond acceptors (Lipinski definition) is 4. The zero-order valence-corrected chi connectivity index (χ0v) is 17.0. The molecule has 8 heteroatoms. The number of nitrogens with zero attached hydrogens (tertiary/aromatic N) is 2. The fourth-order valence-corrected chi connectivity index (χ4v) is 5.86. The van der Waals surface area contributed by atoms with E-state index in [1.54, 1.807) is 17.0 Å². The molecule has 0 saturated carbocycles. The van der Waals surface area contributed by atoms with Gasteiger partial charge in [-0.25, -0.2) is 12.8 Å². The second-order valence-corrected chi connectivity index (χ2v) is 9.30. The quantitative estimate of drug-likeness (QED) is 0.769. The summed E-state index contributed by atoms with van der Waals surface area (Å²) in [4.78, 5) is 14.5. The first kappa shape index (κ1) is 20.0. The van der Waals surface area contributed by atoms with Crippen LogP contribution in [0.1, 0.15) is 28.8 Å². The van der Waals surface area contributed by atoms with Crippen molar-refractivity contribution in [3.63, 3.8) is 0 Å². The van der Waals surface area contributed by atoms with Crippen LogP contribution in [0.25, 0.3) is 0 Å². The van der Waals surface area contributed by atoms with Crippen LogP contribution in [0.5, 0.6) is 0 Å². The van der Waals surface area contributed by atoms with Gasteiger partial charge in [-0.3, -0.25) is 4.79 Å². The van der Waals surface area contributed by atoms with Gasteiger partial charge in [-0.05, 0) is 42.8 Å². The number of ether oxygens (including phenoxy) is 1. The largest absolute Gasteiger partial charge is 0.358 e. The van der Waals surface area contributed by atoms with E-state index in [1.807, 2.05) is 18.2 Å². The Morgan fingerprint density at radius 1 is 1.07 bits per heavy atom. The third-order valence-electron chi connectivity index (χ3n) is 5.69. The molecule has 0 atom stereocenters. The number of carbonyl (C=O) groups excluding carboxylic acids is 1. The Morgan fingerprint density at radius 2 is 1.76 bits per heavy atom. The summed E-state index contributed by atoms with van der Waals surface area (Å²) >= 11 is 0.